The molecular formula is C22H22F2N6O2. The number of halogens is 2. The molecule has 0 radical (unpaired) electrons. The van der Waals surface area contributed by atoms with Gasteiger partial charge in [-0.25, -0.2) is 13.8 Å². The molecule has 5 rings (SSSR count). The lowest BCUT2D eigenvalue weighted by molar-refractivity contribution is -0.119. The number of imidazole rings is 1. The van der Waals surface area contributed by atoms with Gasteiger partial charge in [0, 0.05) is 36.4 Å². The zero-order chi connectivity index (χ0) is 22.5. The molecule has 1 atom stereocenters. The van der Waals surface area contributed by atoms with Crippen LogP contribution in [0.3, 0.4) is 0 Å². The molecule has 1 saturated carbocycles. The third kappa shape index (κ3) is 3.66. The molecule has 2 aliphatic rings. The molecule has 10 heteroatoms. The number of alkyl halides is 2. The summed E-state index contributed by atoms with van der Waals surface area (Å²) in [7, 11) is 0. The van der Waals surface area contributed by atoms with Crippen LogP contribution in [0.25, 0.3) is 11.0 Å². The Labute approximate surface area is 182 Å². The molecule has 1 unspecified atom stereocenters. The van der Waals surface area contributed by atoms with Crippen LogP contribution >= 0.6 is 0 Å². The number of anilines is 3. The number of hydrogen-bond acceptors (Lipinski definition) is 6. The van der Waals surface area contributed by atoms with E-state index in [0.29, 0.717) is 18.7 Å². The van der Waals surface area contributed by atoms with E-state index in [1.807, 2.05) is 18.2 Å². The third-order valence-corrected chi connectivity index (χ3v) is 5.83. The highest BCUT2D eigenvalue weighted by Crippen LogP contribution is 2.49. The summed E-state index contributed by atoms with van der Waals surface area (Å²) in [4.78, 5) is 22.1. The number of amides is 1. The second kappa shape index (κ2) is 7.56. The number of H-pyrrole nitrogens is 1. The van der Waals surface area contributed by atoms with Gasteiger partial charge in [0.2, 0.25) is 5.91 Å². The van der Waals surface area contributed by atoms with Gasteiger partial charge in [-0.15, -0.1) is 0 Å². The van der Waals surface area contributed by atoms with Gasteiger partial charge < -0.3 is 25.7 Å². The molecule has 2 fully saturated rings. The number of aromatic nitrogens is 2. The van der Waals surface area contributed by atoms with Crippen LogP contribution in [0, 0.1) is 11.3 Å². The molecule has 1 saturated heterocycles. The van der Waals surface area contributed by atoms with Crippen LogP contribution in [0.15, 0.2) is 36.4 Å². The van der Waals surface area contributed by atoms with Crippen LogP contribution in [0.1, 0.15) is 17.8 Å². The van der Waals surface area contributed by atoms with Crippen molar-refractivity contribution in [2.24, 2.45) is 5.92 Å². The number of aromatic amines is 1. The van der Waals surface area contributed by atoms with E-state index >= 15 is 0 Å². The quantitative estimate of drug-likeness (QED) is 0.359. The standard InChI is InChI=1S/C22H22F2N6O2/c23-22(24)11-13(22)21(31)29-16-3-1-2-14(25)18(16)19(26)20-27-15-5-4-12(10-17(15)28-20)30-6-8-32-9-7-30/h1-5,10,13,26H,6-9,11,25H2,(H,27,28)(H,29,31). The van der Waals surface area contributed by atoms with E-state index in [4.69, 9.17) is 15.9 Å². The van der Waals surface area contributed by atoms with Gasteiger partial charge in [-0.3, -0.25) is 10.2 Å². The molecule has 0 bridgehead atoms. The first-order valence-electron chi connectivity index (χ1n) is 10.3. The average Bonchev–Trinajstić information content (AvgIpc) is 3.23. The highest BCUT2D eigenvalue weighted by Gasteiger charge is 2.61. The molecule has 0 spiro atoms. The minimum absolute atomic E-state index is 0.0370. The first-order chi connectivity index (χ1) is 15.3. The second-order valence-electron chi connectivity index (χ2n) is 8.04. The monoisotopic (exact) mass is 440 g/mol. The van der Waals surface area contributed by atoms with Gasteiger partial charge >= 0.3 is 0 Å². The summed E-state index contributed by atoms with van der Waals surface area (Å²) in [5, 5.41) is 11.2. The predicted molar refractivity (Wildman–Crippen MR) is 118 cm³/mol. The summed E-state index contributed by atoms with van der Waals surface area (Å²) >= 11 is 0. The maximum Gasteiger partial charge on any atom is 0.260 e. The zero-order valence-electron chi connectivity index (χ0n) is 17.1. The number of nitrogens with two attached hydrogens (primary N) is 1. The number of morpholine rings is 1. The number of nitrogens with one attached hydrogen (secondary N) is 3. The van der Waals surface area contributed by atoms with E-state index < -0.39 is 24.2 Å². The van der Waals surface area contributed by atoms with Crippen LogP contribution in [0.4, 0.5) is 25.8 Å². The fraction of sp³-hybridized carbons (Fsp3) is 0.318. The van der Waals surface area contributed by atoms with Crippen molar-refractivity contribution in [2.45, 2.75) is 12.3 Å². The number of fused-ring (bicyclic) bond motifs is 1. The van der Waals surface area contributed by atoms with Crippen LogP contribution in [-0.2, 0) is 9.53 Å². The predicted octanol–water partition coefficient (Wildman–Crippen LogP) is 2.99. The molecule has 1 aliphatic carbocycles. The summed E-state index contributed by atoms with van der Waals surface area (Å²) in [5.74, 6) is -4.84. The van der Waals surface area contributed by atoms with Gasteiger partial charge in [0.05, 0.1) is 29.9 Å². The number of carbonyl (C=O) groups excluding carboxylic acids is 1. The Balaban J connectivity index is 1.44. The van der Waals surface area contributed by atoms with E-state index in [0.717, 1.165) is 24.3 Å². The normalized spacial score (nSPS) is 19.7. The highest BCUT2D eigenvalue weighted by molar-refractivity contribution is 6.17. The van der Waals surface area contributed by atoms with Crippen molar-refractivity contribution in [2.75, 3.05) is 42.3 Å². The van der Waals surface area contributed by atoms with E-state index in [1.165, 1.54) is 6.07 Å². The summed E-state index contributed by atoms with van der Waals surface area (Å²) in [5.41, 5.74) is 9.20. The molecule has 3 aromatic rings. The van der Waals surface area contributed by atoms with Crippen molar-refractivity contribution in [1.82, 2.24) is 9.97 Å². The smallest absolute Gasteiger partial charge is 0.260 e. The Kier molecular flexibility index (Phi) is 4.81. The van der Waals surface area contributed by atoms with E-state index in [-0.39, 0.29) is 28.5 Å². The number of nitrogen functional groups attached to an aromatic ring is 1. The lowest BCUT2D eigenvalue weighted by Gasteiger charge is -2.28. The Morgan fingerprint density at radius 2 is 2.03 bits per heavy atom. The van der Waals surface area contributed by atoms with Crippen molar-refractivity contribution in [3.8, 4) is 0 Å². The van der Waals surface area contributed by atoms with Crippen molar-refractivity contribution in [1.29, 1.82) is 5.41 Å². The third-order valence-electron chi connectivity index (χ3n) is 5.83. The number of nitrogens with zero attached hydrogens (tertiary/aromatic N) is 2. The number of carbonyl (C=O) groups is 1. The molecule has 32 heavy (non-hydrogen) atoms. The number of benzene rings is 2. The molecule has 1 aromatic heterocycles. The summed E-state index contributed by atoms with van der Waals surface area (Å²) < 4.78 is 32.0. The number of rotatable bonds is 5. The Hall–Kier alpha value is -3.53. The van der Waals surface area contributed by atoms with E-state index in [1.54, 1.807) is 12.1 Å². The van der Waals surface area contributed by atoms with Crippen LogP contribution < -0.4 is 16.0 Å². The molecule has 2 aromatic carbocycles. The molecule has 2 heterocycles. The first kappa shape index (κ1) is 20.4. The Morgan fingerprint density at radius 1 is 1.28 bits per heavy atom. The Bertz CT molecular complexity index is 1220. The molecule has 8 nitrogen and oxygen atoms in total. The minimum atomic E-state index is -2.98. The topological polar surface area (TPSA) is 120 Å². The van der Waals surface area contributed by atoms with Crippen LogP contribution in [0.5, 0.6) is 0 Å². The van der Waals surface area contributed by atoms with Crippen LogP contribution in [-0.4, -0.2) is 53.8 Å². The molecule has 1 amide bonds. The summed E-state index contributed by atoms with van der Waals surface area (Å²) in [6.45, 7) is 2.94. The lowest BCUT2D eigenvalue weighted by atomic mass is 10.0. The first-order valence-corrected chi connectivity index (χ1v) is 10.3. The van der Waals surface area contributed by atoms with Gasteiger partial charge in [0.1, 0.15) is 11.6 Å². The van der Waals surface area contributed by atoms with Crippen LogP contribution in [0.2, 0.25) is 0 Å². The van der Waals surface area contributed by atoms with Gasteiger partial charge in [0.15, 0.2) is 5.82 Å². The maximum atomic E-state index is 13.3. The van der Waals surface area contributed by atoms with Gasteiger partial charge in [-0.1, -0.05) is 6.07 Å². The SMILES string of the molecule is N=C(c1nc2ccc(N3CCOCC3)cc2[nH]1)c1c(N)cccc1NC(=O)C1CC1(F)F. The average molecular weight is 440 g/mol. The van der Waals surface area contributed by atoms with Crippen molar-refractivity contribution in [3.63, 3.8) is 0 Å². The Morgan fingerprint density at radius 3 is 2.75 bits per heavy atom. The zero-order valence-corrected chi connectivity index (χ0v) is 17.1. The van der Waals surface area contributed by atoms with Crippen molar-refractivity contribution >= 4 is 39.7 Å². The molecule has 166 valence electrons. The van der Waals surface area contributed by atoms with Gasteiger partial charge in [0.25, 0.3) is 5.92 Å². The number of hydrogen-bond donors (Lipinski definition) is 4. The summed E-state index contributed by atoms with van der Waals surface area (Å²) in [6, 6.07) is 10.5. The lowest BCUT2D eigenvalue weighted by Crippen LogP contribution is -2.36. The van der Waals surface area contributed by atoms with Gasteiger partial charge in [-0.05, 0) is 30.3 Å². The highest BCUT2D eigenvalue weighted by atomic mass is 19.3. The van der Waals surface area contributed by atoms with Crippen molar-refractivity contribution < 1.29 is 18.3 Å². The fourth-order valence-electron chi connectivity index (χ4n) is 3.92. The van der Waals surface area contributed by atoms with E-state index in [9.17, 15) is 13.6 Å². The van der Waals surface area contributed by atoms with E-state index in [2.05, 4.69) is 20.2 Å². The maximum absolute atomic E-state index is 13.3. The minimum Gasteiger partial charge on any atom is -0.398 e. The second-order valence-corrected chi connectivity index (χ2v) is 8.04. The molecule has 1 aliphatic heterocycles. The van der Waals surface area contributed by atoms with Gasteiger partial charge in [-0.2, -0.15) is 0 Å². The number of ether oxygens (including phenoxy) is 1. The molecular weight excluding hydrogens is 418 g/mol. The fourth-order valence-corrected chi connectivity index (χ4v) is 3.92. The molecule has 5 N–H and O–H groups in total. The largest absolute Gasteiger partial charge is 0.398 e. The van der Waals surface area contributed by atoms with Crippen molar-refractivity contribution in [3.05, 3.63) is 47.8 Å². The summed E-state index contributed by atoms with van der Waals surface area (Å²) in [6.07, 6.45) is -0.469.